The zero-order valence-electron chi connectivity index (χ0n) is 15.4. The molecule has 0 saturated heterocycles. The summed E-state index contributed by atoms with van der Waals surface area (Å²) in [4.78, 5) is 24.2. The molecule has 1 aliphatic rings. The van der Waals surface area contributed by atoms with Crippen molar-refractivity contribution in [3.8, 4) is 17.1 Å². The number of halogens is 1. The number of rotatable bonds is 5. The lowest BCUT2D eigenvalue weighted by Crippen LogP contribution is -2.26. The number of benzene rings is 2. The van der Waals surface area contributed by atoms with Crippen molar-refractivity contribution in [1.29, 1.82) is 0 Å². The van der Waals surface area contributed by atoms with Crippen molar-refractivity contribution >= 4 is 23.2 Å². The van der Waals surface area contributed by atoms with Crippen LogP contribution in [-0.4, -0.2) is 11.6 Å². The van der Waals surface area contributed by atoms with Crippen LogP contribution in [0.2, 0.25) is 5.02 Å². The number of furan rings is 1. The monoisotopic (exact) mass is 394 g/mol. The van der Waals surface area contributed by atoms with E-state index in [1.165, 1.54) is 6.92 Å². The Morgan fingerprint density at radius 1 is 1.18 bits per heavy atom. The van der Waals surface area contributed by atoms with Gasteiger partial charge in [-0.15, -0.1) is 0 Å². The Morgan fingerprint density at radius 2 is 1.96 bits per heavy atom. The summed E-state index contributed by atoms with van der Waals surface area (Å²) in [6.45, 7) is 1.89. The fraction of sp³-hybridized carbons (Fsp3) is 0.217. The first-order valence-electron chi connectivity index (χ1n) is 9.17. The summed E-state index contributed by atoms with van der Waals surface area (Å²) in [6.07, 6.45) is 1.08. The second kappa shape index (κ2) is 7.64. The molecule has 1 aliphatic carbocycles. The fourth-order valence-corrected chi connectivity index (χ4v) is 3.69. The van der Waals surface area contributed by atoms with Crippen LogP contribution in [0, 0.1) is 5.92 Å². The second-order valence-corrected chi connectivity index (χ2v) is 7.34. The van der Waals surface area contributed by atoms with E-state index in [1.54, 1.807) is 18.2 Å². The third-order valence-corrected chi connectivity index (χ3v) is 5.29. The number of carbonyl (C=O) groups is 2. The summed E-state index contributed by atoms with van der Waals surface area (Å²) in [6, 6.07) is 17.0. The van der Waals surface area contributed by atoms with Gasteiger partial charge in [-0.05, 0) is 43.2 Å². The van der Waals surface area contributed by atoms with E-state index in [-0.39, 0.29) is 11.6 Å². The Bertz CT molecular complexity index is 1040. The molecule has 5 heteroatoms. The first kappa shape index (κ1) is 18.5. The Kier molecular flexibility index (Phi) is 5.05. The number of fused-ring (bicyclic) bond motifs is 1. The molecule has 0 spiro atoms. The van der Waals surface area contributed by atoms with E-state index in [0.29, 0.717) is 47.3 Å². The topological polar surface area (TPSA) is 56.5 Å². The van der Waals surface area contributed by atoms with Gasteiger partial charge in [-0.1, -0.05) is 41.9 Å². The van der Waals surface area contributed by atoms with Gasteiger partial charge in [0.2, 0.25) is 0 Å². The van der Waals surface area contributed by atoms with Gasteiger partial charge >= 0.3 is 0 Å². The number of ketones is 2. The van der Waals surface area contributed by atoms with Gasteiger partial charge in [0.15, 0.2) is 5.78 Å². The van der Waals surface area contributed by atoms with Gasteiger partial charge in [-0.3, -0.25) is 9.59 Å². The number of aryl methyl sites for hydroxylation is 1. The SMILES string of the molecule is CC(=O)C1CCc2oc(-c3ccc(OCc4ccccc4)c(Cl)c3)cc2C1=O. The summed E-state index contributed by atoms with van der Waals surface area (Å²) in [5.74, 6) is 0.977. The molecule has 1 atom stereocenters. The number of Topliss-reactive ketones (excluding diaryl/α,β-unsaturated/α-hetero) is 2. The van der Waals surface area contributed by atoms with Crippen molar-refractivity contribution in [2.24, 2.45) is 5.92 Å². The van der Waals surface area contributed by atoms with Crippen LogP contribution in [0.4, 0.5) is 0 Å². The molecule has 28 heavy (non-hydrogen) atoms. The minimum absolute atomic E-state index is 0.0960. The molecule has 1 aromatic heterocycles. The van der Waals surface area contributed by atoms with Crippen molar-refractivity contribution in [3.63, 3.8) is 0 Å². The molecule has 0 saturated carbocycles. The predicted molar refractivity (Wildman–Crippen MR) is 107 cm³/mol. The van der Waals surface area contributed by atoms with Gasteiger partial charge in [-0.2, -0.15) is 0 Å². The molecule has 0 fully saturated rings. The Balaban J connectivity index is 1.54. The highest BCUT2D eigenvalue weighted by Crippen LogP contribution is 2.36. The zero-order valence-corrected chi connectivity index (χ0v) is 16.2. The van der Waals surface area contributed by atoms with Crippen LogP contribution < -0.4 is 4.74 Å². The van der Waals surface area contributed by atoms with Crippen molar-refractivity contribution in [3.05, 3.63) is 76.5 Å². The molecule has 0 N–H and O–H groups in total. The highest BCUT2D eigenvalue weighted by Gasteiger charge is 2.33. The van der Waals surface area contributed by atoms with Gasteiger partial charge in [0, 0.05) is 12.0 Å². The summed E-state index contributed by atoms with van der Waals surface area (Å²) < 4.78 is 11.7. The van der Waals surface area contributed by atoms with Gasteiger partial charge < -0.3 is 9.15 Å². The molecule has 1 heterocycles. The molecule has 1 unspecified atom stereocenters. The molecule has 0 amide bonds. The van der Waals surface area contributed by atoms with Gasteiger partial charge in [0.25, 0.3) is 0 Å². The van der Waals surface area contributed by atoms with Crippen molar-refractivity contribution in [2.75, 3.05) is 0 Å². The van der Waals surface area contributed by atoms with E-state index in [4.69, 9.17) is 20.8 Å². The lowest BCUT2D eigenvalue weighted by Gasteiger charge is -2.16. The molecular weight excluding hydrogens is 376 g/mol. The zero-order chi connectivity index (χ0) is 19.7. The van der Waals surface area contributed by atoms with E-state index in [1.807, 2.05) is 36.4 Å². The van der Waals surface area contributed by atoms with Crippen molar-refractivity contribution in [2.45, 2.75) is 26.4 Å². The quantitative estimate of drug-likeness (QED) is 0.535. The summed E-state index contributed by atoms with van der Waals surface area (Å²) in [5.41, 5.74) is 2.32. The molecule has 3 aromatic rings. The largest absolute Gasteiger partial charge is 0.487 e. The molecule has 142 valence electrons. The summed E-state index contributed by atoms with van der Waals surface area (Å²) >= 11 is 6.39. The van der Waals surface area contributed by atoms with Crippen molar-refractivity contribution in [1.82, 2.24) is 0 Å². The first-order valence-corrected chi connectivity index (χ1v) is 9.55. The molecule has 4 rings (SSSR count). The van der Waals surface area contributed by atoms with Crippen LogP contribution in [0.3, 0.4) is 0 Å². The van der Waals surface area contributed by atoms with E-state index in [0.717, 1.165) is 11.1 Å². The molecule has 0 bridgehead atoms. The number of carbonyl (C=O) groups excluding carboxylic acids is 2. The van der Waals surface area contributed by atoms with E-state index in [9.17, 15) is 9.59 Å². The van der Waals surface area contributed by atoms with E-state index >= 15 is 0 Å². The third kappa shape index (κ3) is 3.60. The van der Waals surface area contributed by atoms with Crippen LogP contribution in [0.15, 0.2) is 59.0 Å². The Hall–Kier alpha value is -2.85. The van der Waals surface area contributed by atoms with Gasteiger partial charge in [0.05, 0.1) is 16.5 Å². The number of hydrogen-bond acceptors (Lipinski definition) is 4. The molecule has 0 radical (unpaired) electrons. The molecule has 4 nitrogen and oxygen atoms in total. The Morgan fingerprint density at radius 3 is 2.68 bits per heavy atom. The van der Waals surface area contributed by atoms with Crippen LogP contribution in [0.1, 0.15) is 35.0 Å². The lowest BCUT2D eigenvalue weighted by molar-refractivity contribution is -0.119. The van der Waals surface area contributed by atoms with Crippen LogP contribution in [-0.2, 0) is 17.8 Å². The highest BCUT2D eigenvalue weighted by atomic mass is 35.5. The maximum Gasteiger partial charge on any atom is 0.176 e. The average molecular weight is 395 g/mol. The summed E-state index contributed by atoms with van der Waals surface area (Å²) in [7, 11) is 0. The smallest absolute Gasteiger partial charge is 0.176 e. The fourth-order valence-electron chi connectivity index (χ4n) is 3.45. The normalized spacial score (nSPS) is 15.9. The molecular formula is C23H19ClO4. The minimum Gasteiger partial charge on any atom is -0.487 e. The predicted octanol–water partition coefficient (Wildman–Crippen LogP) is 5.51. The molecule has 2 aromatic carbocycles. The van der Waals surface area contributed by atoms with Crippen LogP contribution in [0.5, 0.6) is 5.75 Å². The van der Waals surface area contributed by atoms with E-state index in [2.05, 4.69) is 0 Å². The number of hydrogen-bond donors (Lipinski definition) is 0. The maximum atomic E-state index is 12.5. The standard InChI is InChI=1S/C23H19ClO4/c1-14(25)17-8-10-20-18(23(17)26)12-22(28-20)16-7-9-21(19(24)11-16)27-13-15-5-3-2-4-6-15/h2-7,9,11-12,17H,8,10,13H2,1H3. The lowest BCUT2D eigenvalue weighted by atomic mass is 9.84. The van der Waals surface area contributed by atoms with Crippen LogP contribution >= 0.6 is 11.6 Å². The average Bonchev–Trinajstić information content (AvgIpc) is 3.13. The minimum atomic E-state index is -0.560. The molecule has 0 aliphatic heterocycles. The first-order chi connectivity index (χ1) is 13.5. The van der Waals surface area contributed by atoms with Crippen LogP contribution in [0.25, 0.3) is 11.3 Å². The van der Waals surface area contributed by atoms with Gasteiger partial charge in [-0.25, -0.2) is 0 Å². The summed E-state index contributed by atoms with van der Waals surface area (Å²) in [5, 5.41) is 0.468. The maximum absolute atomic E-state index is 12.5. The highest BCUT2D eigenvalue weighted by molar-refractivity contribution is 6.32. The second-order valence-electron chi connectivity index (χ2n) is 6.93. The van der Waals surface area contributed by atoms with Crippen molar-refractivity contribution < 1.29 is 18.7 Å². The number of ether oxygens (including phenoxy) is 1. The van der Waals surface area contributed by atoms with Gasteiger partial charge in [0.1, 0.15) is 29.7 Å². The third-order valence-electron chi connectivity index (χ3n) is 5.00. The van der Waals surface area contributed by atoms with E-state index < -0.39 is 5.92 Å². The Labute approximate surface area is 168 Å².